The van der Waals surface area contributed by atoms with Crippen LogP contribution in [0, 0.1) is 12.3 Å². The minimum Gasteiger partial charge on any atom is -0.387 e. The molecule has 0 saturated heterocycles. The molecule has 0 amide bonds. The minimum atomic E-state index is 0.179. The third-order valence-corrected chi connectivity index (χ3v) is 2.21. The molecule has 0 aromatic carbocycles. The lowest BCUT2D eigenvalue weighted by Gasteiger charge is -2.03. The van der Waals surface area contributed by atoms with E-state index >= 15 is 0 Å². The SMILES string of the molecule is Cc1ncn2cccc(CC(=N)N)c12. The highest BCUT2D eigenvalue weighted by molar-refractivity contribution is 5.82. The van der Waals surface area contributed by atoms with Crippen LogP contribution in [0.4, 0.5) is 0 Å². The third-order valence-electron chi connectivity index (χ3n) is 2.21. The highest BCUT2D eigenvalue weighted by atomic mass is 15.0. The fraction of sp³-hybridized carbons (Fsp3) is 0.200. The van der Waals surface area contributed by atoms with Crippen molar-refractivity contribution >= 4 is 11.4 Å². The van der Waals surface area contributed by atoms with Gasteiger partial charge in [-0.15, -0.1) is 0 Å². The zero-order chi connectivity index (χ0) is 10.1. The van der Waals surface area contributed by atoms with Crippen molar-refractivity contribution < 1.29 is 0 Å². The van der Waals surface area contributed by atoms with Gasteiger partial charge in [0.05, 0.1) is 23.4 Å². The number of aromatic nitrogens is 2. The molecular formula is C10H12N4. The van der Waals surface area contributed by atoms with Crippen LogP contribution in [0.25, 0.3) is 5.52 Å². The maximum atomic E-state index is 7.28. The summed E-state index contributed by atoms with van der Waals surface area (Å²) in [5.74, 6) is 0.179. The van der Waals surface area contributed by atoms with E-state index < -0.39 is 0 Å². The van der Waals surface area contributed by atoms with Crippen molar-refractivity contribution in [3.05, 3.63) is 35.9 Å². The predicted octanol–water partition coefficient (Wildman–Crippen LogP) is 1.12. The zero-order valence-corrected chi connectivity index (χ0v) is 7.99. The van der Waals surface area contributed by atoms with Crippen molar-refractivity contribution in [2.24, 2.45) is 5.73 Å². The molecule has 0 spiro atoms. The average Bonchev–Trinajstić information content (AvgIpc) is 2.48. The first-order valence-corrected chi connectivity index (χ1v) is 4.42. The molecule has 0 bridgehead atoms. The van der Waals surface area contributed by atoms with Gasteiger partial charge in [0.2, 0.25) is 0 Å². The van der Waals surface area contributed by atoms with Gasteiger partial charge in [-0.3, -0.25) is 5.41 Å². The van der Waals surface area contributed by atoms with Gasteiger partial charge in [-0.2, -0.15) is 0 Å². The summed E-state index contributed by atoms with van der Waals surface area (Å²) in [4.78, 5) is 4.22. The van der Waals surface area contributed by atoms with Crippen molar-refractivity contribution in [1.82, 2.24) is 9.38 Å². The van der Waals surface area contributed by atoms with Gasteiger partial charge in [0.25, 0.3) is 0 Å². The molecule has 0 atom stereocenters. The number of fused-ring (bicyclic) bond motifs is 1. The van der Waals surface area contributed by atoms with Crippen LogP contribution in [0.3, 0.4) is 0 Å². The lowest BCUT2D eigenvalue weighted by molar-refractivity contribution is 1.13. The molecule has 2 aromatic heterocycles. The molecule has 2 heterocycles. The largest absolute Gasteiger partial charge is 0.387 e. The Hall–Kier alpha value is -1.84. The molecule has 0 aliphatic rings. The number of rotatable bonds is 2. The minimum absolute atomic E-state index is 0.179. The molecule has 2 aromatic rings. The summed E-state index contributed by atoms with van der Waals surface area (Å²) in [7, 11) is 0. The van der Waals surface area contributed by atoms with Crippen molar-refractivity contribution in [3.8, 4) is 0 Å². The molecule has 0 saturated carbocycles. The predicted molar refractivity (Wildman–Crippen MR) is 55.5 cm³/mol. The smallest absolute Gasteiger partial charge is 0.0995 e. The van der Waals surface area contributed by atoms with Gasteiger partial charge < -0.3 is 10.1 Å². The normalized spacial score (nSPS) is 10.6. The van der Waals surface area contributed by atoms with Crippen molar-refractivity contribution in [1.29, 1.82) is 5.41 Å². The Bertz CT molecular complexity index is 484. The van der Waals surface area contributed by atoms with Crippen LogP contribution in [-0.2, 0) is 6.42 Å². The first-order valence-electron chi connectivity index (χ1n) is 4.42. The molecular weight excluding hydrogens is 176 g/mol. The summed E-state index contributed by atoms with van der Waals surface area (Å²) in [6, 6.07) is 3.91. The number of nitrogens with one attached hydrogen (secondary N) is 1. The van der Waals surface area contributed by atoms with Gasteiger partial charge in [0.15, 0.2) is 0 Å². The Balaban J connectivity index is 2.63. The molecule has 72 valence electrons. The van der Waals surface area contributed by atoms with Crippen molar-refractivity contribution in [3.63, 3.8) is 0 Å². The number of amidine groups is 1. The number of nitrogens with two attached hydrogens (primary N) is 1. The lowest BCUT2D eigenvalue weighted by atomic mass is 10.1. The van der Waals surface area contributed by atoms with E-state index in [4.69, 9.17) is 11.1 Å². The number of aryl methyl sites for hydroxylation is 1. The molecule has 0 radical (unpaired) electrons. The van der Waals surface area contributed by atoms with Crippen LogP contribution in [0.5, 0.6) is 0 Å². The molecule has 2 rings (SSSR count). The Labute approximate surface area is 81.9 Å². The number of pyridine rings is 1. The summed E-state index contributed by atoms with van der Waals surface area (Å²) in [6.45, 7) is 1.96. The maximum absolute atomic E-state index is 7.28. The summed E-state index contributed by atoms with van der Waals surface area (Å²) in [6.07, 6.45) is 4.20. The Morgan fingerprint density at radius 3 is 3.14 bits per heavy atom. The van der Waals surface area contributed by atoms with Crippen molar-refractivity contribution in [2.75, 3.05) is 0 Å². The van der Waals surface area contributed by atoms with E-state index in [0.29, 0.717) is 6.42 Å². The lowest BCUT2D eigenvalue weighted by Crippen LogP contribution is -2.13. The molecule has 0 aliphatic heterocycles. The number of imidazole rings is 1. The molecule has 3 N–H and O–H groups in total. The van der Waals surface area contributed by atoms with E-state index in [2.05, 4.69) is 4.98 Å². The Kier molecular flexibility index (Phi) is 1.96. The Morgan fingerprint density at radius 2 is 2.43 bits per heavy atom. The summed E-state index contributed by atoms with van der Waals surface area (Å²) in [5, 5.41) is 7.28. The fourth-order valence-corrected chi connectivity index (χ4v) is 1.64. The van der Waals surface area contributed by atoms with E-state index in [0.717, 1.165) is 16.8 Å². The zero-order valence-electron chi connectivity index (χ0n) is 7.99. The van der Waals surface area contributed by atoms with E-state index in [1.54, 1.807) is 6.33 Å². The first kappa shape index (κ1) is 8.74. The molecule has 0 fully saturated rings. The van der Waals surface area contributed by atoms with E-state index in [-0.39, 0.29) is 5.84 Å². The van der Waals surface area contributed by atoms with Crippen LogP contribution in [0.15, 0.2) is 24.7 Å². The fourth-order valence-electron chi connectivity index (χ4n) is 1.64. The van der Waals surface area contributed by atoms with E-state index in [1.165, 1.54) is 0 Å². The second-order valence-electron chi connectivity index (χ2n) is 3.32. The molecule has 0 unspecified atom stereocenters. The standard InChI is InChI=1S/C10H12N4/c1-7-10-8(5-9(11)12)3-2-4-14(10)6-13-7/h2-4,6H,5H2,1H3,(H3,11,12). The first-order chi connectivity index (χ1) is 6.68. The average molecular weight is 188 g/mol. The third kappa shape index (κ3) is 1.35. The Morgan fingerprint density at radius 1 is 1.64 bits per heavy atom. The molecule has 14 heavy (non-hydrogen) atoms. The summed E-state index contributed by atoms with van der Waals surface area (Å²) >= 11 is 0. The molecule has 4 nitrogen and oxygen atoms in total. The van der Waals surface area contributed by atoms with Crippen LogP contribution in [0.1, 0.15) is 11.3 Å². The van der Waals surface area contributed by atoms with Crippen LogP contribution in [0.2, 0.25) is 0 Å². The quantitative estimate of drug-likeness (QED) is 0.547. The van der Waals surface area contributed by atoms with Crippen molar-refractivity contribution in [2.45, 2.75) is 13.3 Å². The second-order valence-corrected chi connectivity index (χ2v) is 3.32. The van der Waals surface area contributed by atoms with E-state index in [1.807, 2.05) is 29.7 Å². The molecule has 4 heteroatoms. The topological polar surface area (TPSA) is 67.2 Å². The summed E-state index contributed by atoms with van der Waals surface area (Å²) < 4.78 is 1.95. The number of nitrogens with zero attached hydrogens (tertiary/aromatic N) is 2. The summed E-state index contributed by atoms with van der Waals surface area (Å²) in [5.41, 5.74) is 8.47. The van der Waals surface area contributed by atoms with Gasteiger partial charge in [-0.05, 0) is 18.6 Å². The monoisotopic (exact) mass is 188 g/mol. The van der Waals surface area contributed by atoms with Gasteiger partial charge in [-0.1, -0.05) is 6.07 Å². The van der Waals surface area contributed by atoms with Gasteiger partial charge >= 0.3 is 0 Å². The highest BCUT2D eigenvalue weighted by Crippen LogP contribution is 2.14. The maximum Gasteiger partial charge on any atom is 0.0995 e. The van der Waals surface area contributed by atoms with Crippen LogP contribution >= 0.6 is 0 Å². The van der Waals surface area contributed by atoms with Crippen LogP contribution < -0.4 is 5.73 Å². The number of hydrogen-bond acceptors (Lipinski definition) is 2. The highest BCUT2D eigenvalue weighted by Gasteiger charge is 2.05. The number of hydrogen-bond donors (Lipinski definition) is 2. The second kappa shape index (κ2) is 3.14. The van der Waals surface area contributed by atoms with Crippen LogP contribution in [-0.4, -0.2) is 15.2 Å². The van der Waals surface area contributed by atoms with Gasteiger partial charge in [-0.25, -0.2) is 4.98 Å². The van der Waals surface area contributed by atoms with Gasteiger partial charge in [0.1, 0.15) is 0 Å². The van der Waals surface area contributed by atoms with Gasteiger partial charge in [0, 0.05) is 12.6 Å². The van der Waals surface area contributed by atoms with E-state index in [9.17, 15) is 0 Å². The molecule has 0 aliphatic carbocycles.